The molecule has 5 rings (SSSR count). The fourth-order valence-electron chi connectivity index (χ4n) is 8.57. The molecule has 3 heterocycles. The van der Waals surface area contributed by atoms with Gasteiger partial charge in [0.15, 0.2) is 5.78 Å². The van der Waals surface area contributed by atoms with Crippen LogP contribution < -0.4 is 16.4 Å². The lowest BCUT2D eigenvalue weighted by atomic mass is 9.76. The van der Waals surface area contributed by atoms with Crippen LogP contribution in [0, 0.1) is 28.1 Å². The number of fused-ring (bicyclic) bond motifs is 1. The van der Waals surface area contributed by atoms with Crippen molar-refractivity contribution in [2.75, 3.05) is 19.6 Å². The molecule has 0 radical (unpaired) electrons. The summed E-state index contributed by atoms with van der Waals surface area (Å²) in [6.07, 6.45) is 2.31. The van der Waals surface area contributed by atoms with E-state index in [4.69, 9.17) is 10.5 Å². The number of ketones is 2. The molecule has 0 spiro atoms. The van der Waals surface area contributed by atoms with E-state index >= 15 is 0 Å². The zero-order chi connectivity index (χ0) is 43.6. The van der Waals surface area contributed by atoms with Gasteiger partial charge in [-0.1, -0.05) is 98.9 Å². The molecule has 7 amide bonds. The second kappa shape index (κ2) is 17.8. The van der Waals surface area contributed by atoms with Gasteiger partial charge in [0, 0.05) is 51.2 Å². The molecule has 3 fully saturated rings. The van der Waals surface area contributed by atoms with Crippen LogP contribution in [0.1, 0.15) is 118 Å². The zero-order valence-corrected chi connectivity index (χ0v) is 36.1. The number of Topliss-reactive ketones (excluding diaryl/α,β-unsaturated/α-hetero) is 2. The maximum absolute atomic E-state index is 14.8. The molecule has 2 saturated heterocycles. The predicted molar refractivity (Wildman–Crippen MR) is 218 cm³/mol. The molecular formula is C44H64N6O9. The lowest BCUT2D eigenvalue weighted by molar-refractivity contribution is -0.153. The van der Waals surface area contributed by atoms with E-state index in [1.54, 1.807) is 25.7 Å². The molecule has 5 atom stereocenters. The molecular weight excluding hydrogens is 757 g/mol. The summed E-state index contributed by atoms with van der Waals surface area (Å²) in [5.41, 5.74) is 5.61. The molecule has 1 saturated carbocycles. The van der Waals surface area contributed by atoms with Crippen LogP contribution >= 0.6 is 0 Å². The average Bonchev–Trinajstić information content (AvgIpc) is 3.54. The van der Waals surface area contributed by atoms with Gasteiger partial charge < -0.3 is 30.9 Å². The Bertz CT molecular complexity index is 1810. The molecule has 1 aromatic carbocycles. The predicted octanol–water partition coefficient (Wildman–Crippen LogP) is 4.27. The molecule has 4 aliphatic rings. The number of carbonyl (C=O) groups is 8. The smallest absolute Gasteiger partial charge is 0.410 e. The normalized spacial score (nSPS) is 22.4. The molecule has 3 aliphatic heterocycles. The number of benzene rings is 1. The summed E-state index contributed by atoms with van der Waals surface area (Å²) in [6, 6.07) is 4.14. The summed E-state index contributed by atoms with van der Waals surface area (Å²) >= 11 is 0. The van der Waals surface area contributed by atoms with Crippen LogP contribution in [0.2, 0.25) is 0 Å². The largest absolute Gasteiger partial charge is 0.444 e. The van der Waals surface area contributed by atoms with E-state index in [9.17, 15) is 38.4 Å². The molecule has 0 aromatic heterocycles. The summed E-state index contributed by atoms with van der Waals surface area (Å²) < 4.78 is 5.99. The van der Waals surface area contributed by atoms with Gasteiger partial charge in [-0.15, -0.1) is 0 Å². The average molecular weight is 821 g/mol. The van der Waals surface area contributed by atoms with Gasteiger partial charge in [-0.05, 0) is 46.1 Å². The second-order valence-electron chi connectivity index (χ2n) is 20.1. The van der Waals surface area contributed by atoms with Crippen molar-refractivity contribution < 1.29 is 43.1 Å². The Morgan fingerprint density at radius 2 is 1.54 bits per heavy atom. The maximum atomic E-state index is 14.8. The van der Waals surface area contributed by atoms with E-state index in [1.807, 2.05) is 58.9 Å². The summed E-state index contributed by atoms with van der Waals surface area (Å²) in [5.74, 6) is -4.40. The number of amides is 7. The highest BCUT2D eigenvalue weighted by Gasteiger charge is 2.48. The Hall–Kier alpha value is -4.82. The van der Waals surface area contributed by atoms with Crippen molar-refractivity contribution in [3.05, 3.63) is 35.4 Å². The van der Waals surface area contributed by atoms with E-state index < -0.39 is 81.9 Å². The van der Waals surface area contributed by atoms with E-state index in [2.05, 4.69) is 10.6 Å². The number of ether oxygens (including phenoxy) is 1. The Morgan fingerprint density at radius 3 is 2.10 bits per heavy atom. The van der Waals surface area contributed by atoms with Crippen molar-refractivity contribution in [2.45, 2.75) is 144 Å². The summed E-state index contributed by atoms with van der Waals surface area (Å²) in [4.78, 5) is 112. The Kier molecular flexibility index (Phi) is 13.7. The lowest BCUT2D eigenvalue weighted by Crippen LogP contribution is -2.62. The zero-order valence-electron chi connectivity index (χ0n) is 36.1. The van der Waals surface area contributed by atoms with Gasteiger partial charge in [-0.2, -0.15) is 0 Å². The minimum atomic E-state index is -1.19. The molecule has 0 bridgehead atoms. The fourth-order valence-corrected chi connectivity index (χ4v) is 8.57. The van der Waals surface area contributed by atoms with Crippen LogP contribution in [0.3, 0.4) is 0 Å². The molecule has 59 heavy (non-hydrogen) atoms. The molecule has 324 valence electrons. The quantitative estimate of drug-likeness (QED) is 0.192. The Morgan fingerprint density at radius 1 is 0.915 bits per heavy atom. The van der Waals surface area contributed by atoms with Gasteiger partial charge in [-0.3, -0.25) is 33.7 Å². The first kappa shape index (κ1) is 45.3. The second-order valence-corrected chi connectivity index (χ2v) is 20.1. The van der Waals surface area contributed by atoms with Crippen LogP contribution in [0.5, 0.6) is 0 Å². The molecule has 15 heteroatoms. The molecule has 1 unspecified atom stereocenters. The number of hydrogen-bond donors (Lipinski definition) is 3. The standard InChI is InChI=1S/C44H64N6O9/c1-42(2,3)33(25-50-34(52)21-44(7,8)22-35(50)53)46-40(57)47-37(43(4,5)6)39(56)49-24-30(59-41(58)48-17-16-27-14-9-10-15-28(27)23-48)20-31(49)32(51)19-29(36(54)38(45)55)18-26-12-11-13-26/h9-10,14-15,26,29-31,33,37H,11-13,16-25H2,1-8H3,(H2,45,55)(H2,46,47,57)/t29?,30-,31+,33-,37-/m1/s1. The van der Waals surface area contributed by atoms with Gasteiger partial charge in [0.05, 0.1) is 18.6 Å². The monoisotopic (exact) mass is 820 g/mol. The first-order chi connectivity index (χ1) is 27.4. The lowest BCUT2D eigenvalue weighted by Gasteiger charge is -2.40. The van der Waals surface area contributed by atoms with Crippen LogP contribution in [0.25, 0.3) is 0 Å². The number of carbonyl (C=O) groups excluding carboxylic acids is 8. The van der Waals surface area contributed by atoms with Gasteiger partial charge in [0.1, 0.15) is 12.1 Å². The SMILES string of the molecule is CC1(C)CC(=O)N(C[C@@H](NC(=O)N[C@H](C(=O)N2C[C@H](OC(=O)N3CCc4ccccc4C3)C[C@H]2C(=O)CC(CC2CCC2)C(=O)C(N)=O)C(C)(C)C)C(C)(C)C)C(=O)C1. The van der Waals surface area contributed by atoms with E-state index in [-0.39, 0.29) is 56.5 Å². The van der Waals surface area contributed by atoms with E-state index in [1.165, 1.54) is 9.80 Å². The van der Waals surface area contributed by atoms with E-state index in [0.717, 1.165) is 30.4 Å². The minimum absolute atomic E-state index is 0.0362. The molecule has 1 aromatic rings. The maximum Gasteiger partial charge on any atom is 0.410 e. The van der Waals surface area contributed by atoms with Gasteiger partial charge in [-0.25, -0.2) is 9.59 Å². The number of nitrogens with one attached hydrogen (secondary N) is 2. The third kappa shape index (κ3) is 11.3. The number of rotatable bonds is 13. The van der Waals surface area contributed by atoms with Crippen molar-refractivity contribution in [3.63, 3.8) is 0 Å². The topological polar surface area (TPSA) is 206 Å². The molecule has 1 aliphatic carbocycles. The van der Waals surface area contributed by atoms with E-state index in [0.29, 0.717) is 25.9 Å². The minimum Gasteiger partial charge on any atom is -0.444 e. The van der Waals surface area contributed by atoms with Gasteiger partial charge >= 0.3 is 12.1 Å². The first-order valence-electron chi connectivity index (χ1n) is 21.0. The molecule has 4 N–H and O–H groups in total. The van der Waals surface area contributed by atoms with Gasteiger partial charge in [0.2, 0.25) is 23.5 Å². The Balaban J connectivity index is 1.36. The number of primary amides is 1. The number of piperidine rings is 1. The molecule has 15 nitrogen and oxygen atoms in total. The van der Waals surface area contributed by atoms with Crippen molar-refractivity contribution in [1.82, 2.24) is 25.3 Å². The number of nitrogens with zero attached hydrogens (tertiary/aromatic N) is 3. The first-order valence-corrected chi connectivity index (χ1v) is 21.0. The fraction of sp³-hybridized carbons (Fsp3) is 0.682. The van der Waals surface area contributed by atoms with Crippen LogP contribution in [0.15, 0.2) is 24.3 Å². The van der Waals surface area contributed by atoms with Crippen LogP contribution in [0.4, 0.5) is 9.59 Å². The summed E-state index contributed by atoms with van der Waals surface area (Å²) in [7, 11) is 0. The number of nitrogens with two attached hydrogens (primary N) is 1. The van der Waals surface area contributed by atoms with Crippen LogP contribution in [-0.4, -0.2) is 106 Å². The number of hydrogen-bond acceptors (Lipinski definition) is 9. The third-order valence-corrected chi connectivity index (χ3v) is 12.4. The highest BCUT2D eigenvalue weighted by atomic mass is 16.6. The number of urea groups is 1. The highest BCUT2D eigenvalue weighted by molar-refractivity contribution is 6.36. The van der Waals surface area contributed by atoms with Crippen molar-refractivity contribution in [3.8, 4) is 0 Å². The summed E-state index contributed by atoms with van der Waals surface area (Å²) in [5, 5.41) is 5.74. The Labute approximate surface area is 347 Å². The van der Waals surface area contributed by atoms with Crippen molar-refractivity contribution in [1.29, 1.82) is 0 Å². The summed E-state index contributed by atoms with van der Waals surface area (Å²) in [6.45, 7) is 15.2. The highest BCUT2D eigenvalue weighted by Crippen LogP contribution is 2.36. The number of likely N-dealkylation sites (tertiary alicyclic amines) is 2. The number of imide groups is 1. The third-order valence-electron chi connectivity index (χ3n) is 12.4. The van der Waals surface area contributed by atoms with Gasteiger partial charge in [0.25, 0.3) is 5.91 Å². The van der Waals surface area contributed by atoms with Crippen LogP contribution in [-0.2, 0) is 46.5 Å². The van der Waals surface area contributed by atoms with Crippen molar-refractivity contribution in [2.24, 2.45) is 33.8 Å². The van der Waals surface area contributed by atoms with Crippen molar-refractivity contribution >= 4 is 47.3 Å².